The van der Waals surface area contributed by atoms with Crippen LogP contribution >= 0.6 is 0 Å². The van der Waals surface area contributed by atoms with Crippen molar-refractivity contribution in [3.05, 3.63) is 0 Å². The van der Waals surface area contributed by atoms with Gasteiger partial charge in [-0.15, -0.1) is 0 Å². The molecule has 0 bridgehead atoms. The Kier molecular flexibility index (Phi) is 2.30. The summed E-state index contributed by atoms with van der Waals surface area (Å²) >= 11 is 0. The van der Waals surface area contributed by atoms with E-state index in [9.17, 15) is 4.79 Å². The third-order valence-corrected chi connectivity index (χ3v) is 2.62. The molecule has 3 nitrogen and oxygen atoms in total. The summed E-state index contributed by atoms with van der Waals surface area (Å²) in [6, 6.07) is 0. The Morgan fingerprint density at radius 3 is 2.83 bits per heavy atom. The summed E-state index contributed by atoms with van der Waals surface area (Å²) in [6.45, 7) is 1.47. The van der Waals surface area contributed by atoms with Gasteiger partial charge in [-0.1, -0.05) is 0 Å². The van der Waals surface area contributed by atoms with Gasteiger partial charge in [0.25, 0.3) is 0 Å². The van der Waals surface area contributed by atoms with Crippen LogP contribution in [0.2, 0.25) is 0 Å². The second-order valence-electron chi connectivity index (χ2n) is 3.52. The molecule has 0 aromatic carbocycles. The zero-order chi connectivity index (χ0) is 8.39. The van der Waals surface area contributed by atoms with Gasteiger partial charge in [0.2, 0.25) is 0 Å². The van der Waals surface area contributed by atoms with E-state index in [0.717, 1.165) is 32.3 Å². The number of esters is 1. The Balaban J connectivity index is 1.81. The summed E-state index contributed by atoms with van der Waals surface area (Å²) in [5.41, 5.74) is 0. The zero-order valence-corrected chi connectivity index (χ0v) is 7.12. The van der Waals surface area contributed by atoms with E-state index in [2.05, 4.69) is 0 Å². The van der Waals surface area contributed by atoms with Crippen molar-refractivity contribution in [2.24, 2.45) is 5.92 Å². The van der Waals surface area contributed by atoms with E-state index in [1.165, 1.54) is 0 Å². The average molecular weight is 170 g/mol. The SMILES string of the molecule is O=C1OCCC1CC1CCCO1. The minimum absolute atomic E-state index is 0.0227. The third-order valence-electron chi connectivity index (χ3n) is 2.62. The van der Waals surface area contributed by atoms with E-state index in [4.69, 9.17) is 9.47 Å². The fraction of sp³-hybridized carbons (Fsp3) is 0.889. The van der Waals surface area contributed by atoms with Gasteiger partial charge in [0, 0.05) is 6.61 Å². The van der Waals surface area contributed by atoms with Crippen LogP contribution in [0.3, 0.4) is 0 Å². The molecule has 0 aromatic heterocycles. The maximum Gasteiger partial charge on any atom is 0.309 e. The maximum atomic E-state index is 11.1. The van der Waals surface area contributed by atoms with Crippen LogP contribution in [0.4, 0.5) is 0 Å². The first-order valence-corrected chi connectivity index (χ1v) is 4.64. The summed E-state index contributed by atoms with van der Waals surface area (Å²) < 4.78 is 10.3. The smallest absolute Gasteiger partial charge is 0.309 e. The summed E-state index contributed by atoms with van der Waals surface area (Å²) in [5.74, 6) is 0.0959. The van der Waals surface area contributed by atoms with E-state index in [-0.39, 0.29) is 11.9 Å². The topological polar surface area (TPSA) is 35.5 Å². The van der Waals surface area contributed by atoms with E-state index in [1.54, 1.807) is 0 Å². The number of rotatable bonds is 2. The van der Waals surface area contributed by atoms with Crippen LogP contribution in [0.25, 0.3) is 0 Å². The zero-order valence-electron chi connectivity index (χ0n) is 7.12. The van der Waals surface area contributed by atoms with Crippen molar-refractivity contribution >= 4 is 5.97 Å². The Labute approximate surface area is 72.0 Å². The van der Waals surface area contributed by atoms with Gasteiger partial charge in [0.1, 0.15) is 0 Å². The molecule has 12 heavy (non-hydrogen) atoms. The van der Waals surface area contributed by atoms with Crippen molar-refractivity contribution in [3.8, 4) is 0 Å². The van der Waals surface area contributed by atoms with E-state index >= 15 is 0 Å². The second-order valence-corrected chi connectivity index (χ2v) is 3.52. The maximum absolute atomic E-state index is 11.1. The molecule has 2 heterocycles. The molecule has 2 rings (SSSR count). The standard InChI is InChI=1S/C9H14O3/c10-9-7(3-5-12-9)6-8-2-1-4-11-8/h7-8H,1-6H2. The summed E-state index contributed by atoms with van der Waals surface area (Å²) in [7, 11) is 0. The molecule has 2 saturated heterocycles. The Hall–Kier alpha value is -0.570. The fourth-order valence-corrected chi connectivity index (χ4v) is 1.90. The predicted octanol–water partition coefficient (Wildman–Crippen LogP) is 1.12. The Morgan fingerprint density at radius 1 is 1.33 bits per heavy atom. The Bertz CT molecular complexity index is 173. The molecule has 2 atom stereocenters. The molecule has 0 spiro atoms. The first-order valence-electron chi connectivity index (χ1n) is 4.64. The lowest BCUT2D eigenvalue weighted by molar-refractivity contribution is -0.142. The van der Waals surface area contributed by atoms with Gasteiger partial charge >= 0.3 is 5.97 Å². The highest BCUT2D eigenvalue weighted by Crippen LogP contribution is 2.25. The number of cyclic esters (lactones) is 1. The van der Waals surface area contributed by atoms with Crippen molar-refractivity contribution in [3.63, 3.8) is 0 Å². The van der Waals surface area contributed by atoms with Gasteiger partial charge in [-0.25, -0.2) is 0 Å². The molecule has 0 aromatic rings. The van der Waals surface area contributed by atoms with Gasteiger partial charge in [0.05, 0.1) is 18.6 Å². The lowest BCUT2D eigenvalue weighted by Crippen LogP contribution is -2.16. The van der Waals surface area contributed by atoms with Crippen molar-refractivity contribution in [2.45, 2.75) is 31.8 Å². The summed E-state index contributed by atoms with van der Waals surface area (Å²) in [6.07, 6.45) is 4.34. The molecule has 0 radical (unpaired) electrons. The highest BCUT2D eigenvalue weighted by Gasteiger charge is 2.30. The van der Waals surface area contributed by atoms with Crippen molar-refractivity contribution < 1.29 is 14.3 Å². The molecule has 0 amide bonds. The molecule has 0 N–H and O–H groups in total. The second kappa shape index (κ2) is 3.44. The molecular weight excluding hydrogens is 156 g/mol. The number of carbonyl (C=O) groups is 1. The third kappa shape index (κ3) is 1.61. The first kappa shape index (κ1) is 8.05. The van der Waals surface area contributed by atoms with Crippen LogP contribution < -0.4 is 0 Å². The van der Waals surface area contributed by atoms with Gasteiger partial charge in [0.15, 0.2) is 0 Å². The normalized spacial score (nSPS) is 35.5. The molecule has 0 aliphatic carbocycles. The summed E-state index contributed by atoms with van der Waals surface area (Å²) in [5, 5.41) is 0. The average Bonchev–Trinajstić information content (AvgIpc) is 2.65. The highest BCUT2D eigenvalue weighted by molar-refractivity contribution is 5.74. The number of ether oxygens (including phenoxy) is 2. The Morgan fingerprint density at radius 2 is 2.25 bits per heavy atom. The highest BCUT2D eigenvalue weighted by atomic mass is 16.5. The van der Waals surface area contributed by atoms with Crippen LogP contribution in [0.5, 0.6) is 0 Å². The van der Waals surface area contributed by atoms with Crippen LogP contribution in [0.1, 0.15) is 25.7 Å². The lowest BCUT2D eigenvalue weighted by Gasteiger charge is -2.11. The van der Waals surface area contributed by atoms with E-state index < -0.39 is 0 Å². The van der Waals surface area contributed by atoms with Crippen LogP contribution in [-0.2, 0) is 14.3 Å². The van der Waals surface area contributed by atoms with Crippen molar-refractivity contribution in [2.75, 3.05) is 13.2 Å². The summed E-state index contributed by atoms with van der Waals surface area (Å²) in [4.78, 5) is 11.1. The van der Waals surface area contributed by atoms with Crippen LogP contribution in [0, 0.1) is 5.92 Å². The lowest BCUT2D eigenvalue weighted by atomic mass is 9.99. The predicted molar refractivity (Wildman–Crippen MR) is 42.7 cm³/mol. The van der Waals surface area contributed by atoms with Crippen molar-refractivity contribution in [1.29, 1.82) is 0 Å². The number of hydrogen-bond acceptors (Lipinski definition) is 3. The monoisotopic (exact) mass is 170 g/mol. The fourth-order valence-electron chi connectivity index (χ4n) is 1.90. The van der Waals surface area contributed by atoms with Gasteiger partial charge in [-0.2, -0.15) is 0 Å². The molecule has 3 heteroatoms. The van der Waals surface area contributed by atoms with E-state index in [0.29, 0.717) is 12.7 Å². The molecule has 2 aliphatic rings. The van der Waals surface area contributed by atoms with Gasteiger partial charge in [-0.05, 0) is 25.7 Å². The number of carbonyl (C=O) groups excluding carboxylic acids is 1. The largest absolute Gasteiger partial charge is 0.465 e. The van der Waals surface area contributed by atoms with Crippen LogP contribution in [-0.4, -0.2) is 25.3 Å². The quantitative estimate of drug-likeness (QED) is 0.582. The molecule has 0 saturated carbocycles. The van der Waals surface area contributed by atoms with Crippen molar-refractivity contribution in [1.82, 2.24) is 0 Å². The van der Waals surface area contributed by atoms with E-state index in [1.807, 2.05) is 0 Å². The van der Waals surface area contributed by atoms with Gasteiger partial charge in [-0.3, -0.25) is 4.79 Å². The van der Waals surface area contributed by atoms with Gasteiger partial charge < -0.3 is 9.47 Å². The minimum Gasteiger partial charge on any atom is -0.465 e. The van der Waals surface area contributed by atoms with Crippen LogP contribution in [0.15, 0.2) is 0 Å². The minimum atomic E-state index is -0.0227. The first-order chi connectivity index (χ1) is 5.86. The molecule has 68 valence electrons. The molecular formula is C9H14O3. The molecule has 2 unspecified atom stereocenters. The molecule has 2 aliphatic heterocycles. The molecule has 2 fully saturated rings. The number of hydrogen-bond donors (Lipinski definition) is 0.